The zero-order valence-corrected chi connectivity index (χ0v) is 15.2. The Morgan fingerprint density at radius 3 is 2.29 bits per heavy atom. The van der Waals surface area contributed by atoms with Gasteiger partial charge in [0.1, 0.15) is 17.3 Å². The van der Waals surface area contributed by atoms with Crippen LogP contribution in [-0.4, -0.2) is 14.2 Å². The molecule has 2 aromatic rings. The highest BCUT2D eigenvalue weighted by Gasteiger charge is 2.22. The Morgan fingerprint density at radius 1 is 1.00 bits per heavy atom. The summed E-state index contributed by atoms with van der Waals surface area (Å²) in [5.74, 6) is 0.773. The Kier molecular flexibility index (Phi) is 5.52. The molecule has 0 aliphatic heterocycles. The van der Waals surface area contributed by atoms with Gasteiger partial charge in [0.05, 0.1) is 28.5 Å². The van der Waals surface area contributed by atoms with E-state index in [4.69, 9.17) is 21.1 Å². The Hall–Kier alpha value is -0.780. The molecule has 21 heavy (non-hydrogen) atoms. The number of methoxy groups -OCH3 is 2. The number of halogens is 4. The van der Waals surface area contributed by atoms with Gasteiger partial charge in [-0.15, -0.1) is 11.6 Å². The van der Waals surface area contributed by atoms with Gasteiger partial charge in [-0.3, -0.25) is 0 Å². The van der Waals surface area contributed by atoms with E-state index in [0.29, 0.717) is 27.1 Å². The molecule has 0 saturated carbocycles. The summed E-state index contributed by atoms with van der Waals surface area (Å²) < 4.78 is 25.9. The fourth-order valence-electron chi connectivity index (χ4n) is 1.97. The third kappa shape index (κ3) is 3.35. The first-order chi connectivity index (χ1) is 9.99. The van der Waals surface area contributed by atoms with Gasteiger partial charge in [0.15, 0.2) is 0 Å². The van der Waals surface area contributed by atoms with Gasteiger partial charge in [0, 0.05) is 11.1 Å². The van der Waals surface area contributed by atoms with Crippen molar-refractivity contribution in [3.63, 3.8) is 0 Å². The van der Waals surface area contributed by atoms with Crippen molar-refractivity contribution in [2.75, 3.05) is 14.2 Å². The normalized spacial score (nSPS) is 12.1. The molecule has 0 spiro atoms. The second-order valence-electron chi connectivity index (χ2n) is 4.23. The lowest BCUT2D eigenvalue weighted by atomic mass is 10.0. The largest absolute Gasteiger partial charge is 0.496 e. The second kappa shape index (κ2) is 6.99. The first-order valence-electron chi connectivity index (χ1n) is 5.99. The molecule has 0 aliphatic rings. The Balaban J connectivity index is 2.56. The molecule has 0 aromatic heterocycles. The van der Waals surface area contributed by atoms with Crippen LogP contribution in [0.4, 0.5) is 4.39 Å². The summed E-state index contributed by atoms with van der Waals surface area (Å²) >= 11 is 13.0. The Bertz CT molecular complexity index is 664. The van der Waals surface area contributed by atoms with Crippen molar-refractivity contribution in [1.29, 1.82) is 0 Å². The van der Waals surface area contributed by atoms with Gasteiger partial charge in [-0.25, -0.2) is 4.39 Å². The van der Waals surface area contributed by atoms with Gasteiger partial charge in [-0.05, 0) is 50.1 Å². The zero-order valence-electron chi connectivity index (χ0n) is 11.3. The molecule has 2 rings (SSSR count). The van der Waals surface area contributed by atoms with Crippen LogP contribution in [0.1, 0.15) is 16.5 Å². The number of hydrogen-bond acceptors (Lipinski definition) is 2. The van der Waals surface area contributed by atoms with Crippen LogP contribution in [0.5, 0.6) is 11.5 Å². The van der Waals surface area contributed by atoms with Crippen molar-refractivity contribution >= 4 is 43.5 Å². The minimum absolute atomic E-state index is 0.369. The van der Waals surface area contributed by atoms with Gasteiger partial charge in [0.25, 0.3) is 0 Å². The molecule has 0 heterocycles. The average Bonchev–Trinajstić information content (AvgIpc) is 2.49. The summed E-state index contributed by atoms with van der Waals surface area (Å²) in [4.78, 5) is 0. The van der Waals surface area contributed by atoms with Crippen LogP contribution < -0.4 is 9.47 Å². The van der Waals surface area contributed by atoms with Crippen LogP contribution in [0.3, 0.4) is 0 Å². The number of benzene rings is 2. The predicted octanol–water partition coefficient (Wildman–Crippen LogP) is 5.70. The topological polar surface area (TPSA) is 18.5 Å². The lowest BCUT2D eigenvalue weighted by Crippen LogP contribution is -2.01. The van der Waals surface area contributed by atoms with Crippen molar-refractivity contribution in [1.82, 2.24) is 0 Å². The third-order valence-corrected chi connectivity index (χ3v) is 4.73. The van der Waals surface area contributed by atoms with Gasteiger partial charge in [0.2, 0.25) is 0 Å². The van der Waals surface area contributed by atoms with Crippen LogP contribution in [-0.2, 0) is 0 Å². The van der Waals surface area contributed by atoms with Gasteiger partial charge in [-0.1, -0.05) is 12.1 Å². The van der Waals surface area contributed by atoms with E-state index in [1.165, 1.54) is 0 Å². The van der Waals surface area contributed by atoms with Crippen molar-refractivity contribution in [2.45, 2.75) is 5.38 Å². The smallest absolute Gasteiger partial charge is 0.142 e. The fraction of sp³-hybridized carbons (Fsp3) is 0.200. The maximum absolute atomic E-state index is 14.2. The lowest BCUT2D eigenvalue weighted by Gasteiger charge is -2.17. The summed E-state index contributed by atoms with van der Waals surface area (Å²) in [5, 5.41) is -0.695. The molecule has 0 amide bonds. The minimum atomic E-state index is -0.695. The number of rotatable bonds is 4. The first-order valence-corrected chi connectivity index (χ1v) is 8.01. The molecule has 0 aliphatic carbocycles. The molecule has 112 valence electrons. The molecule has 0 radical (unpaired) electrons. The van der Waals surface area contributed by atoms with E-state index in [9.17, 15) is 4.39 Å². The highest BCUT2D eigenvalue weighted by molar-refractivity contribution is 9.10. The quantitative estimate of drug-likeness (QED) is 0.571. The number of hydrogen-bond donors (Lipinski definition) is 0. The third-order valence-electron chi connectivity index (χ3n) is 3.03. The number of ether oxygens (including phenoxy) is 2. The van der Waals surface area contributed by atoms with Crippen LogP contribution >= 0.6 is 43.5 Å². The monoisotopic (exact) mass is 436 g/mol. The molecule has 2 nitrogen and oxygen atoms in total. The molecule has 6 heteroatoms. The molecular formula is C15H12Br2ClFO2. The molecule has 0 bridgehead atoms. The van der Waals surface area contributed by atoms with Gasteiger partial charge < -0.3 is 9.47 Å². The van der Waals surface area contributed by atoms with Crippen molar-refractivity contribution < 1.29 is 13.9 Å². The van der Waals surface area contributed by atoms with Crippen molar-refractivity contribution in [3.8, 4) is 11.5 Å². The summed E-state index contributed by atoms with van der Waals surface area (Å²) in [6, 6.07) is 8.49. The zero-order chi connectivity index (χ0) is 15.6. The fourth-order valence-corrected chi connectivity index (χ4v) is 3.17. The first kappa shape index (κ1) is 16.6. The van der Waals surface area contributed by atoms with Gasteiger partial charge in [-0.2, -0.15) is 0 Å². The molecule has 0 saturated heterocycles. The van der Waals surface area contributed by atoms with E-state index >= 15 is 0 Å². The molecule has 0 fully saturated rings. The lowest BCUT2D eigenvalue weighted by molar-refractivity contribution is 0.397. The van der Waals surface area contributed by atoms with Crippen LogP contribution in [0.2, 0.25) is 0 Å². The second-order valence-corrected chi connectivity index (χ2v) is 6.38. The Morgan fingerprint density at radius 2 is 1.67 bits per heavy atom. The van der Waals surface area contributed by atoms with E-state index in [1.807, 2.05) is 0 Å². The van der Waals surface area contributed by atoms with Crippen LogP contribution in [0.15, 0.2) is 39.3 Å². The van der Waals surface area contributed by atoms with Gasteiger partial charge >= 0.3 is 0 Å². The SMILES string of the molecule is COc1cc(C(Cl)c2cccc(Br)c2F)c(OC)cc1Br. The summed E-state index contributed by atoms with van der Waals surface area (Å²) in [6.07, 6.45) is 0. The summed E-state index contributed by atoms with van der Waals surface area (Å²) in [7, 11) is 3.10. The molecule has 1 atom stereocenters. The van der Waals surface area contributed by atoms with Crippen LogP contribution in [0, 0.1) is 5.82 Å². The molecule has 2 aromatic carbocycles. The maximum Gasteiger partial charge on any atom is 0.142 e. The molecule has 0 N–H and O–H groups in total. The highest BCUT2D eigenvalue weighted by Crippen LogP contribution is 2.42. The summed E-state index contributed by atoms with van der Waals surface area (Å²) in [5.41, 5.74) is 1.00. The minimum Gasteiger partial charge on any atom is -0.496 e. The van der Waals surface area contributed by atoms with Crippen LogP contribution in [0.25, 0.3) is 0 Å². The van der Waals surface area contributed by atoms with E-state index in [1.54, 1.807) is 44.6 Å². The average molecular weight is 439 g/mol. The highest BCUT2D eigenvalue weighted by atomic mass is 79.9. The van der Waals surface area contributed by atoms with Crippen molar-refractivity contribution in [3.05, 3.63) is 56.2 Å². The number of alkyl halides is 1. The van der Waals surface area contributed by atoms with E-state index in [-0.39, 0.29) is 5.82 Å². The van der Waals surface area contributed by atoms with E-state index in [0.717, 1.165) is 4.47 Å². The standard InChI is InChI=1S/C15H12Br2ClFO2/c1-20-12-7-11(17)13(21-2)6-9(12)14(18)8-4-3-5-10(16)15(8)19/h3-7,14H,1-2H3. The molecular weight excluding hydrogens is 426 g/mol. The predicted molar refractivity (Wildman–Crippen MR) is 89.0 cm³/mol. The maximum atomic E-state index is 14.2. The van der Waals surface area contributed by atoms with E-state index < -0.39 is 5.38 Å². The van der Waals surface area contributed by atoms with Crippen molar-refractivity contribution in [2.24, 2.45) is 0 Å². The molecule has 1 unspecified atom stereocenters. The summed E-state index contributed by atoms with van der Waals surface area (Å²) in [6.45, 7) is 0. The Labute approximate surface area is 144 Å². The van der Waals surface area contributed by atoms with E-state index in [2.05, 4.69) is 31.9 Å².